The van der Waals surface area contributed by atoms with Crippen molar-refractivity contribution < 1.29 is 10.6 Å². The molecule has 0 saturated heterocycles. The van der Waals surface area contributed by atoms with Gasteiger partial charge >= 0.3 is 0 Å². The van der Waals surface area contributed by atoms with Gasteiger partial charge in [-0.2, -0.15) is 5.26 Å². The summed E-state index contributed by atoms with van der Waals surface area (Å²) in [7, 11) is 0. The van der Waals surface area contributed by atoms with Crippen LogP contribution in [0.5, 0.6) is 0 Å². The van der Waals surface area contributed by atoms with Crippen LogP contribution in [0, 0.1) is 17.1 Å². The van der Waals surface area contributed by atoms with Gasteiger partial charge in [0.15, 0.2) is 5.78 Å². The van der Waals surface area contributed by atoms with Crippen LogP contribution in [-0.4, -0.2) is 25.8 Å². The molecular formula is C31H23Cl2FN6O. The molecule has 0 bridgehead atoms. The number of carbonyl (C=O) groups is 1. The Balaban J connectivity index is 1.49. The lowest BCUT2D eigenvalue weighted by molar-refractivity contribution is 0.101. The van der Waals surface area contributed by atoms with Crippen LogP contribution in [0.2, 0.25) is 10.0 Å². The van der Waals surface area contributed by atoms with E-state index >= 15 is 0 Å². The van der Waals surface area contributed by atoms with Crippen molar-refractivity contribution in [1.29, 1.82) is 5.26 Å². The summed E-state index contributed by atoms with van der Waals surface area (Å²) in [4.78, 5) is 16.8. The summed E-state index contributed by atoms with van der Waals surface area (Å²) in [6.45, 7) is 1.42. The number of anilines is 2. The second-order valence-corrected chi connectivity index (χ2v) is 10.8. The molecule has 3 aromatic carbocycles. The van der Waals surface area contributed by atoms with E-state index in [9.17, 15) is 15.8 Å². The molecule has 1 fully saturated rings. The zero-order valence-corrected chi connectivity index (χ0v) is 23.3. The number of carbonyl (C=O) groups excluding carboxylic acids is 1. The highest BCUT2D eigenvalue weighted by molar-refractivity contribution is 6.36. The molecule has 0 spiro atoms. The fourth-order valence-corrected chi connectivity index (χ4v) is 5.48. The molecule has 1 atom stereocenters. The number of fused-ring (bicyclic) bond motifs is 1. The third-order valence-corrected chi connectivity index (χ3v) is 7.65. The number of ketones is 1. The lowest BCUT2D eigenvalue weighted by Gasteiger charge is -2.18. The molecule has 1 N–H and O–H groups in total. The van der Waals surface area contributed by atoms with E-state index in [-0.39, 0.29) is 34.4 Å². The average molecular weight is 586 g/mol. The Morgan fingerprint density at radius 2 is 2.00 bits per heavy atom. The largest absolute Gasteiger partial charge is 0.353 e. The van der Waals surface area contributed by atoms with E-state index in [1.807, 2.05) is 6.07 Å². The number of nitrogens with zero attached hydrogens (tertiary/aromatic N) is 5. The van der Waals surface area contributed by atoms with Gasteiger partial charge in [0.2, 0.25) is 0 Å². The molecule has 5 aromatic rings. The number of hydrogen-bond donors (Lipinski definition) is 1. The number of nitriles is 1. The van der Waals surface area contributed by atoms with Crippen molar-refractivity contribution in [3.8, 4) is 6.07 Å². The number of rotatable bonds is 8. The third kappa shape index (κ3) is 5.39. The molecular weight excluding hydrogens is 562 g/mol. The lowest BCUT2D eigenvalue weighted by atomic mass is 9.89. The second-order valence-electron chi connectivity index (χ2n) is 9.95. The molecule has 6 rings (SSSR count). The zero-order chi connectivity index (χ0) is 29.6. The maximum absolute atomic E-state index is 13.9. The fraction of sp³-hybridized carbons (Fsp3) is 0.194. The average Bonchev–Trinajstić information content (AvgIpc) is 3.69. The van der Waals surface area contributed by atoms with Gasteiger partial charge < -0.3 is 5.32 Å². The number of pyridine rings is 1. The Hall–Kier alpha value is -4.32. The first kappa shape index (κ1) is 25.6. The van der Waals surface area contributed by atoms with E-state index in [2.05, 4.69) is 26.7 Å². The van der Waals surface area contributed by atoms with Crippen LogP contribution in [-0.2, 0) is 6.42 Å². The predicted octanol–water partition coefficient (Wildman–Crippen LogP) is 7.80. The van der Waals surface area contributed by atoms with Gasteiger partial charge in [-0.05, 0) is 73.7 Å². The van der Waals surface area contributed by atoms with Gasteiger partial charge in [-0.1, -0.05) is 46.6 Å². The number of halogens is 3. The van der Waals surface area contributed by atoms with Crippen LogP contribution in [0.15, 0.2) is 67.0 Å². The predicted molar refractivity (Wildman–Crippen MR) is 156 cm³/mol. The molecule has 1 aliphatic rings. The number of hydrogen-bond acceptors (Lipinski definition) is 6. The van der Waals surface area contributed by atoms with Crippen LogP contribution >= 0.6 is 23.2 Å². The zero-order valence-electron chi connectivity index (χ0n) is 22.8. The van der Waals surface area contributed by atoms with E-state index in [1.54, 1.807) is 47.3 Å². The third-order valence-electron chi connectivity index (χ3n) is 7.04. The Kier molecular flexibility index (Phi) is 6.83. The monoisotopic (exact) mass is 585 g/mol. The van der Waals surface area contributed by atoms with Crippen LogP contribution in [0.25, 0.3) is 10.9 Å². The molecule has 10 heteroatoms. The Morgan fingerprint density at radius 3 is 2.71 bits per heavy atom. The Labute approximate surface area is 246 Å². The summed E-state index contributed by atoms with van der Waals surface area (Å²) < 4.78 is 25.3. The lowest BCUT2D eigenvalue weighted by Crippen LogP contribution is -2.07. The molecule has 204 valence electrons. The number of Topliss-reactive ketones (excluding diaryl/α,β-unsaturated/α-hetero) is 1. The van der Waals surface area contributed by atoms with Gasteiger partial charge in [0.05, 0.1) is 49.8 Å². The van der Waals surface area contributed by atoms with Gasteiger partial charge in [0, 0.05) is 25.0 Å². The minimum Gasteiger partial charge on any atom is -0.353 e. The van der Waals surface area contributed by atoms with Crippen LogP contribution < -0.4 is 5.32 Å². The highest BCUT2D eigenvalue weighted by Crippen LogP contribution is 2.38. The highest BCUT2D eigenvalue weighted by atomic mass is 35.5. The maximum atomic E-state index is 13.9. The first-order valence-electron chi connectivity index (χ1n) is 13.4. The van der Waals surface area contributed by atoms with Gasteiger partial charge in [-0.15, -0.1) is 5.10 Å². The topological polar surface area (TPSA) is 96.5 Å². The molecule has 2 heterocycles. The number of nitrogens with one attached hydrogen (secondary N) is 1. The highest BCUT2D eigenvalue weighted by Gasteiger charge is 2.27. The molecule has 2 aromatic heterocycles. The summed E-state index contributed by atoms with van der Waals surface area (Å²) in [6, 6.07) is 16.8. The first-order valence-corrected chi connectivity index (χ1v) is 13.7. The standard InChI is InChI=1S/C31H23Cl2FN6O/c1-17(41)29-25(32)3-2-4-27(29)37-30-20(14-35)15-36-31-24(30)12-18(13-26(31)33)11-23(19-5-7-21(34)8-6-19)28-16-40(39-38-28)22-9-10-22/h2-8,12-13,15-16,22-23H,9-11H2,1H3,(H,36,37)/t23-/m1/s1/i23D. The van der Waals surface area contributed by atoms with Crippen molar-refractivity contribution in [2.75, 3.05) is 5.32 Å². The van der Waals surface area contributed by atoms with Crippen molar-refractivity contribution in [3.05, 3.63) is 111 Å². The maximum Gasteiger partial charge on any atom is 0.163 e. The number of aromatic nitrogens is 4. The summed E-state index contributed by atoms with van der Waals surface area (Å²) in [5.41, 5.74) is 3.39. The first-order chi connectivity index (χ1) is 20.2. The van der Waals surface area contributed by atoms with Crippen molar-refractivity contribution in [3.63, 3.8) is 0 Å². The summed E-state index contributed by atoms with van der Waals surface area (Å²) >= 11 is 13.1. The molecule has 0 radical (unpaired) electrons. The summed E-state index contributed by atoms with van der Waals surface area (Å²) in [5.74, 6) is -2.08. The SMILES string of the molecule is [2H][C@@](Cc1cc(Cl)c2ncc(C#N)c(Nc3cccc(Cl)c3C(C)=O)c2c1)(c1ccc(F)cc1)c1cn(C2CC2)nn1. The molecule has 1 saturated carbocycles. The Morgan fingerprint density at radius 1 is 1.22 bits per heavy atom. The van der Waals surface area contributed by atoms with Crippen LogP contribution in [0.1, 0.15) is 65.8 Å². The van der Waals surface area contributed by atoms with Crippen molar-refractivity contribution in [2.45, 2.75) is 38.1 Å². The van der Waals surface area contributed by atoms with Crippen molar-refractivity contribution >= 4 is 51.3 Å². The van der Waals surface area contributed by atoms with Gasteiger partial charge in [0.25, 0.3) is 0 Å². The van der Waals surface area contributed by atoms with E-state index in [0.29, 0.717) is 44.1 Å². The minimum atomic E-state index is -1.43. The van der Waals surface area contributed by atoms with E-state index < -0.39 is 11.7 Å². The number of benzene rings is 3. The quantitative estimate of drug-likeness (QED) is 0.187. The molecule has 41 heavy (non-hydrogen) atoms. The molecule has 7 nitrogen and oxygen atoms in total. The van der Waals surface area contributed by atoms with Crippen LogP contribution in [0.4, 0.5) is 15.8 Å². The minimum absolute atomic E-state index is 0.115. The van der Waals surface area contributed by atoms with E-state index in [1.165, 1.54) is 25.3 Å². The Bertz CT molecular complexity index is 1900. The van der Waals surface area contributed by atoms with Crippen molar-refractivity contribution in [2.24, 2.45) is 0 Å². The van der Waals surface area contributed by atoms with Crippen molar-refractivity contribution in [1.82, 2.24) is 20.0 Å². The smallest absolute Gasteiger partial charge is 0.163 e. The molecule has 0 amide bonds. The van der Waals surface area contributed by atoms with E-state index in [4.69, 9.17) is 23.2 Å². The summed E-state index contributed by atoms with van der Waals surface area (Å²) in [5, 5.41) is 22.9. The van der Waals surface area contributed by atoms with Gasteiger partial charge in [-0.3, -0.25) is 9.78 Å². The normalized spacial score (nSPS) is 14.8. The molecule has 1 aliphatic carbocycles. The fourth-order valence-electron chi connectivity index (χ4n) is 4.89. The van der Waals surface area contributed by atoms with Crippen LogP contribution in [0.3, 0.4) is 0 Å². The van der Waals surface area contributed by atoms with Gasteiger partial charge in [-0.25, -0.2) is 9.07 Å². The summed E-state index contributed by atoms with van der Waals surface area (Å²) in [6.07, 6.45) is 5.32. The van der Waals surface area contributed by atoms with Gasteiger partial charge in [0.1, 0.15) is 11.9 Å². The van der Waals surface area contributed by atoms with E-state index in [0.717, 1.165) is 12.8 Å². The second kappa shape index (κ2) is 10.9. The molecule has 0 unspecified atom stereocenters. The molecule has 0 aliphatic heterocycles.